The molecule has 1 rings (SSSR count). The first kappa shape index (κ1) is 9.64. The largest absolute Gasteiger partial charge is 0.351 e. The summed E-state index contributed by atoms with van der Waals surface area (Å²) in [6.45, 7) is 2.48. The molecule has 0 amide bonds. The van der Waals surface area contributed by atoms with Gasteiger partial charge in [0.1, 0.15) is 6.29 Å². The third kappa shape index (κ3) is 3.30. The topological polar surface area (TPSA) is 47.6 Å². The predicted molar refractivity (Wildman–Crippen MR) is 43.3 cm³/mol. The lowest BCUT2D eigenvalue weighted by atomic mass is 10.2. The Labute approximate surface area is 72.2 Å². The van der Waals surface area contributed by atoms with Gasteiger partial charge in [-0.3, -0.25) is 4.84 Å². The van der Waals surface area contributed by atoms with Crippen molar-refractivity contribution in [3.63, 3.8) is 0 Å². The van der Waals surface area contributed by atoms with Crippen molar-refractivity contribution in [2.24, 2.45) is 0 Å². The highest BCUT2D eigenvalue weighted by atomic mass is 16.8. The van der Waals surface area contributed by atoms with Crippen LogP contribution in [0.15, 0.2) is 0 Å². The molecule has 70 valence electrons. The summed E-state index contributed by atoms with van der Waals surface area (Å²) < 4.78 is 5.27. The lowest BCUT2D eigenvalue weighted by molar-refractivity contribution is -0.201. The molecule has 0 radical (unpaired) electrons. The highest BCUT2D eigenvalue weighted by Crippen LogP contribution is 2.12. The Morgan fingerprint density at radius 2 is 2.50 bits per heavy atom. The van der Waals surface area contributed by atoms with E-state index in [1.807, 2.05) is 0 Å². The molecule has 4 heteroatoms. The molecule has 0 saturated carbocycles. The van der Waals surface area contributed by atoms with Crippen LogP contribution >= 0.6 is 0 Å². The molecule has 1 aliphatic heterocycles. The fourth-order valence-corrected chi connectivity index (χ4v) is 1.02. The number of nitrogens with one attached hydrogen (secondary N) is 1. The number of hydrogen-bond donors (Lipinski definition) is 1. The van der Waals surface area contributed by atoms with E-state index in [-0.39, 0.29) is 12.3 Å². The average Bonchev–Trinajstić information content (AvgIpc) is 2.16. The third-order valence-electron chi connectivity index (χ3n) is 1.73. The molecule has 12 heavy (non-hydrogen) atoms. The quantitative estimate of drug-likeness (QED) is 0.500. The van der Waals surface area contributed by atoms with Crippen molar-refractivity contribution in [2.45, 2.75) is 38.5 Å². The fraction of sp³-hybridized carbons (Fsp3) is 0.875. The lowest BCUT2D eigenvalue weighted by Gasteiger charge is -2.23. The Kier molecular flexibility index (Phi) is 4.21. The molecule has 1 heterocycles. The Balaban J connectivity index is 2.08. The van der Waals surface area contributed by atoms with Gasteiger partial charge in [0, 0.05) is 13.0 Å². The highest BCUT2D eigenvalue weighted by Gasteiger charge is 2.14. The minimum absolute atomic E-state index is 0.179. The van der Waals surface area contributed by atoms with E-state index in [1.165, 1.54) is 0 Å². The van der Waals surface area contributed by atoms with E-state index in [9.17, 15) is 4.79 Å². The number of hydrogen-bond acceptors (Lipinski definition) is 4. The van der Waals surface area contributed by atoms with Gasteiger partial charge in [0.2, 0.25) is 0 Å². The van der Waals surface area contributed by atoms with Crippen LogP contribution in [0.25, 0.3) is 0 Å². The van der Waals surface area contributed by atoms with Gasteiger partial charge in [-0.15, -0.1) is 0 Å². The van der Waals surface area contributed by atoms with Gasteiger partial charge in [0.25, 0.3) is 0 Å². The summed E-state index contributed by atoms with van der Waals surface area (Å²) in [5.74, 6) is 0. The van der Waals surface area contributed by atoms with E-state index in [0.717, 1.165) is 32.2 Å². The Bertz CT molecular complexity index is 134. The molecule has 2 unspecified atom stereocenters. The molecule has 0 spiro atoms. The minimum atomic E-state index is -0.268. The van der Waals surface area contributed by atoms with Gasteiger partial charge >= 0.3 is 0 Å². The summed E-state index contributed by atoms with van der Waals surface area (Å²) in [6, 6.07) is -0.268. The van der Waals surface area contributed by atoms with E-state index in [1.54, 1.807) is 6.92 Å². The van der Waals surface area contributed by atoms with Gasteiger partial charge in [-0.1, -0.05) is 0 Å². The number of aldehydes is 1. The number of carbonyl (C=O) groups is 1. The summed E-state index contributed by atoms with van der Waals surface area (Å²) in [6.07, 6.45) is 3.74. The van der Waals surface area contributed by atoms with Gasteiger partial charge in [-0.25, -0.2) is 0 Å². The van der Waals surface area contributed by atoms with Gasteiger partial charge in [-0.2, -0.15) is 5.48 Å². The van der Waals surface area contributed by atoms with Crippen LogP contribution in [0, 0.1) is 0 Å². The molecule has 1 fully saturated rings. The number of carbonyl (C=O) groups excluding carboxylic acids is 1. The van der Waals surface area contributed by atoms with Crippen LogP contribution in [0.3, 0.4) is 0 Å². The van der Waals surface area contributed by atoms with Crippen molar-refractivity contribution in [2.75, 3.05) is 6.61 Å². The molecule has 1 saturated heterocycles. The molecule has 1 N–H and O–H groups in total. The Hall–Kier alpha value is -0.450. The SMILES string of the molecule is CC(C=O)NOC1CCCCO1. The van der Waals surface area contributed by atoms with Crippen LogP contribution in [0.5, 0.6) is 0 Å². The van der Waals surface area contributed by atoms with Gasteiger partial charge in [0.15, 0.2) is 6.29 Å². The van der Waals surface area contributed by atoms with Crippen LogP contribution in [0.4, 0.5) is 0 Å². The molecular weight excluding hydrogens is 158 g/mol. The Morgan fingerprint density at radius 3 is 3.08 bits per heavy atom. The van der Waals surface area contributed by atoms with E-state index in [2.05, 4.69) is 5.48 Å². The summed E-state index contributed by atoms with van der Waals surface area (Å²) in [4.78, 5) is 15.3. The van der Waals surface area contributed by atoms with Crippen LogP contribution in [-0.4, -0.2) is 25.2 Å². The summed E-state index contributed by atoms with van der Waals surface area (Å²) in [7, 11) is 0. The number of rotatable bonds is 4. The van der Waals surface area contributed by atoms with Crippen molar-refractivity contribution < 1.29 is 14.4 Å². The zero-order valence-electron chi connectivity index (χ0n) is 7.29. The smallest absolute Gasteiger partial charge is 0.177 e. The van der Waals surface area contributed by atoms with Crippen LogP contribution in [-0.2, 0) is 14.4 Å². The maximum atomic E-state index is 10.2. The van der Waals surface area contributed by atoms with E-state index >= 15 is 0 Å². The zero-order valence-corrected chi connectivity index (χ0v) is 7.29. The summed E-state index contributed by atoms with van der Waals surface area (Å²) in [5.41, 5.74) is 2.61. The van der Waals surface area contributed by atoms with Crippen molar-refractivity contribution in [1.82, 2.24) is 5.48 Å². The highest BCUT2D eigenvalue weighted by molar-refractivity contribution is 5.56. The van der Waals surface area contributed by atoms with Crippen molar-refractivity contribution in [3.05, 3.63) is 0 Å². The van der Waals surface area contributed by atoms with Gasteiger partial charge < -0.3 is 9.53 Å². The molecule has 1 aliphatic rings. The fourth-order valence-electron chi connectivity index (χ4n) is 1.02. The van der Waals surface area contributed by atoms with Crippen LogP contribution in [0.2, 0.25) is 0 Å². The first-order chi connectivity index (χ1) is 5.83. The summed E-state index contributed by atoms with van der Waals surface area (Å²) >= 11 is 0. The monoisotopic (exact) mass is 173 g/mol. The second kappa shape index (κ2) is 5.24. The first-order valence-electron chi connectivity index (χ1n) is 4.31. The first-order valence-corrected chi connectivity index (χ1v) is 4.31. The van der Waals surface area contributed by atoms with Gasteiger partial charge in [-0.05, 0) is 19.8 Å². The predicted octanol–water partition coefficient (Wildman–Crippen LogP) is 0.622. The molecule has 0 aliphatic carbocycles. The molecule has 0 aromatic rings. The van der Waals surface area contributed by atoms with Crippen molar-refractivity contribution in [3.8, 4) is 0 Å². The molecule has 0 aromatic heterocycles. The minimum Gasteiger partial charge on any atom is -0.351 e. The normalized spacial score (nSPS) is 26.6. The van der Waals surface area contributed by atoms with Crippen molar-refractivity contribution in [1.29, 1.82) is 0 Å². The zero-order chi connectivity index (χ0) is 8.81. The second-order valence-corrected chi connectivity index (χ2v) is 2.96. The molecule has 0 bridgehead atoms. The van der Waals surface area contributed by atoms with Crippen LogP contribution in [0.1, 0.15) is 26.2 Å². The van der Waals surface area contributed by atoms with Crippen molar-refractivity contribution >= 4 is 6.29 Å². The molecule has 0 aromatic carbocycles. The molecule has 4 nitrogen and oxygen atoms in total. The summed E-state index contributed by atoms with van der Waals surface area (Å²) in [5, 5.41) is 0. The maximum absolute atomic E-state index is 10.2. The van der Waals surface area contributed by atoms with Crippen LogP contribution < -0.4 is 5.48 Å². The number of hydroxylamine groups is 1. The molecule has 2 atom stereocenters. The van der Waals surface area contributed by atoms with E-state index in [0.29, 0.717) is 0 Å². The van der Waals surface area contributed by atoms with Gasteiger partial charge in [0.05, 0.1) is 6.04 Å². The second-order valence-electron chi connectivity index (χ2n) is 2.96. The standard InChI is InChI=1S/C8H15NO3/c1-7(6-10)9-12-8-4-2-3-5-11-8/h6-9H,2-5H2,1H3. The van der Waals surface area contributed by atoms with E-state index in [4.69, 9.17) is 9.57 Å². The lowest BCUT2D eigenvalue weighted by Crippen LogP contribution is -2.35. The molecular formula is C8H15NO3. The van der Waals surface area contributed by atoms with E-state index < -0.39 is 0 Å². The number of ether oxygens (including phenoxy) is 1. The maximum Gasteiger partial charge on any atom is 0.177 e. The average molecular weight is 173 g/mol. The Morgan fingerprint density at radius 1 is 1.67 bits per heavy atom. The third-order valence-corrected chi connectivity index (χ3v) is 1.73.